The molecule has 2 amide bonds. The van der Waals surface area contributed by atoms with Gasteiger partial charge in [-0.3, -0.25) is 0 Å². The predicted molar refractivity (Wildman–Crippen MR) is 90.7 cm³/mol. The van der Waals surface area contributed by atoms with Crippen LogP contribution in [-0.2, 0) is 6.42 Å². The van der Waals surface area contributed by atoms with E-state index in [1.54, 1.807) is 0 Å². The zero-order valence-corrected chi connectivity index (χ0v) is 14.0. The molecule has 0 spiro atoms. The van der Waals surface area contributed by atoms with Gasteiger partial charge in [0, 0.05) is 31.2 Å². The Bertz CT molecular complexity index is 695. The number of nitrogens with one attached hydrogen (secondary N) is 1. The van der Waals surface area contributed by atoms with E-state index in [0.717, 1.165) is 49.1 Å². The van der Waals surface area contributed by atoms with E-state index in [9.17, 15) is 4.79 Å². The summed E-state index contributed by atoms with van der Waals surface area (Å²) < 4.78 is 5.59. The second-order valence-electron chi connectivity index (χ2n) is 6.28. The van der Waals surface area contributed by atoms with E-state index in [1.165, 1.54) is 0 Å². The van der Waals surface area contributed by atoms with Gasteiger partial charge < -0.3 is 19.5 Å². The van der Waals surface area contributed by atoms with Gasteiger partial charge in [0.2, 0.25) is 0 Å². The summed E-state index contributed by atoms with van der Waals surface area (Å²) in [6.07, 6.45) is 2.94. The third-order valence-electron chi connectivity index (χ3n) is 4.40. The number of hydrogen-bond donors (Lipinski definition) is 1. The van der Waals surface area contributed by atoms with Gasteiger partial charge in [-0.05, 0) is 45.1 Å². The number of hydrogen-bond acceptors (Lipinski definition) is 4. The molecule has 6 nitrogen and oxygen atoms in total. The molecule has 1 aliphatic rings. The lowest BCUT2D eigenvalue weighted by Crippen LogP contribution is -2.48. The first-order valence-corrected chi connectivity index (χ1v) is 8.18. The maximum Gasteiger partial charge on any atom is 0.321 e. The van der Waals surface area contributed by atoms with E-state index in [1.807, 2.05) is 30.0 Å². The van der Waals surface area contributed by atoms with Crippen molar-refractivity contribution in [3.63, 3.8) is 0 Å². The molecule has 1 N–H and O–H groups in total. The maximum absolute atomic E-state index is 12.5. The molecule has 0 unspecified atom stereocenters. The standard InChI is InChI=1S/C17H24N4O2/c1-4-16-19-14-10-12(7-8-15(14)23-16)18-17(22)21-9-5-6-13(11-21)20(2)3/h7-8,10,13H,4-6,9,11H2,1-3H3,(H,18,22)/t13-/m0/s1. The number of fused-ring (bicyclic) bond motifs is 1. The van der Waals surface area contributed by atoms with Crippen LogP contribution in [0.3, 0.4) is 0 Å². The van der Waals surface area contributed by atoms with E-state index in [0.29, 0.717) is 11.9 Å². The summed E-state index contributed by atoms with van der Waals surface area (Å²) >= 11 is 0. The van der Waals surface area contributed by atoms with Crippen LogP contribution in [-0.4, -0.2) is 54.0 Å². The van der Waals surface area contributed by atoms with Gasteiger partial charge in [0.15, 0.2) is 11.5 Å². The number of anilines is 1. The molecule has 1 aromatic heterocycles. The number of piperidine rings is 1. The van der Waals surface area contributed by atoms with Crippen molar-refractivity contribution in [2.45, 2.75) is 32.2 Å². The molecule has 3 rings (SSSR count). The molecule has 0 saturated carbocycles. The van der Waals surface area contributed by atoms with Gasteiger partial charge in [0.05, 0.1) is 0 Å². The predicted octanol–water partition coefficient (Wildman–Crippen LogP) is 2.95. The number of amides is 2. The van der Waals surface area contributed by atoms with E-state index in [-0.39, 0.29) is 6.03 Å². The van der Waals surface area contributed by atoms with Crippen LogP contribution in [0, 0.1) is 0 Å². The van der Waals surface area contributed by atoms with Crippen LogP contribution in [0.5, 0.6) is 0 Å². The summed E-state index contributed by atoms with van der Waals surface area (Å²) in [7, 11) is 4.13. The molecule has 0 radical (unpaired) electrons. The number of likely N-dealkylation sites (N-methyl/N-ethyl adjacent to an activating group) is 1. The number of aromatic nitrogens is 1. The number of urea groups is 1. The minimum absolute atomic E-state index is 0.0462. The van der Waals surface area contributed by atoms with Crippen LogP contribution >= 0.6 is 0 Å². The van der Waals surface area contributed by atoms with Gasteiger partial charge in [-0.25, -0.2) is 9.78 Å². The molecule has 1 fully saturated rings. The summed E-state index contributed by atoms with van der Waals surface area (Å²) in [4.78, 5) is 21.0. The first-order valence-electron chi connectivity index (χ1n) is 8.18. The Morgan fingerprint density at radius 2 is 2.30 bits per heavy atom. The van der Waals surface area contributed by atoms with Crippen molar-refractivity contribution in [2.24, 2.45) is 0 Å². The second-order valence-corrected chi connectivity index (χ2v) is 6.28. The first kappa shape index (κ1) is 15.8. The lowest BCUT2D eigenvalue weighted by molar-refractivity contribution is 0.148. The molecule has 1 aliphatic heterocycles. The van der Waals surface area contributed by atoms with Crippen molar-refractivity contribution in [3.05, 3.63) is 24.1 Å². The molecule has 0 bridgehead atoms. The van der Waals surface area contributed by atoms with E-state index in [2.05, 4.69) is 29.3 Å². The van der Waals surface area contributed by atoms with Crippen molar-refractivity contribution >= 4 is 22.8 Å². The summed E-state index contributed by atoms with van der Waals surface area (Å²) in [6.45, 7) is 3.58. The topological polar surface area (TPSA) is 61.6 Å². The zero-order valence-electron chi connectivity index (χ0n) is 14.0. The Morgan fingerprint density at radius 1 is 1.48 bits per heavy atom. The molecule has 1 aromatic carbocycles. The monoisotopic (exact) mass is 316 g/mol. The highest BCUT2D eigenvalue weighted by atomic mass is 16.3. The fourth-order valence-corrected chi connectivity index (χ4v) is 2.97. The summed E-state index contributed by atoms with van der Waals surface area (Å²) in [5, 5.41) is 2.98. The molecule has 124 valence electrons. The third-order valence-corrected chi connectivity index (χ3v) is 4.40. The average Bonchev–Trinajstić information content (AvgIpc) is 2.97. The molecule has 1 atom stereocenters. The van der Waals surface area contributed by atoms with E-state index < -0.39 is 0 Å². The highest BCUT2D eigenvalue weighted by Crippen LogP contribution is 2.21. The quantitative estimate of drug-likeness (QED) is 0.945. The number of likely N-dealkylation sites (tertiary alicyclic amines) is 1. The van der Waals surface area contributed by atoms with Crippen LogP contribution in [0.25, 0.3) is 11.1 Å². The molecule has 6 heteroatoms. The summed E-state index contributed by atoms with van der Waals surface area (Å²) in [5.74, 6) is 0.716. The number of oxazole rings is 1. The average molecular weight is 316 g/mol. The normalized spacial score (nSPS) is 18.6. The number of rotatable bonds is 3. The van der Waals surface area contributed by atoms with Gasteiger partial charge in [0.1, 0.15) is 5.52 Å². The Kier molecular flexibility index (Phi) is 4.52. The fraction of sp³-hybridized carbons (Fsp3) is 0.529. The molecule has 0 aliphatic carbocycles. The number of carbonyl (C=O) groups excluding carboxylic acids is 1. The lowest BCUT2D eigenvalue weighted by Gasteiger charge is -2.36. The van der Waals surface area contributed by atoms with E-state index >= 15 is 0 Å². The van der Waals surface area contributed by atoms with Crippen molar-refractivity contribution in [3.8, 4) is 0 Å². The molecular weight excluding hydrogens is 292 g/mol. The number of benzene rings is 1. The van der Waals surface area contributed by atoms with E-state index in [4.69, 9.17) is 4.42 Å². The zero-order chi connectivity index (χ0) is 16.4. The van der Waals surface area contributed by atoms with Crippen LogP contribution in [0.15, 0.2) is 22.6 Å². The second kappa shape index (κ2) is 6.58. The van der Waals surface area contributed by atoms with Gasteiger partial charge in [-0.15, -0.1) is 0 Å². The van der Waals surface area contributed by atoms with Crippen LogP contribution in [0.2, 0.25) is 0 Å². The molecule has 23 heavy (non-hydrogen) atoms. The molecule has 1 saturated heterocycles. The smallest absolute Gasteiger partial charge is 0.321 e. The first-order chi connectivity index (χ1) is 11.1. The van der Waals surface area contributed by atoms with Gasteiger partial charge in [0.25, 0.3) is 0 Å². The maximum atomic E-state index is 12.5. The highest BCUT2D eigenvalue weighted by Gasteiger charge is 2.24. The lowest BCUT2D eigenvalue weighted by atomic mass is 10.1. The van der Waals surface area contributed by atoms with Crippen molar-refractivity contribution in [1.82, 2.24) is 14.8 Å². The van der Waals surface area contributed by atoms with Crippen molar-refractivity contribution < 1.29 is 9.21 Å². The Morgan fingerprint density at radius 3 is 3.04 bits per heavy atom. The minimum atomic E-state index is -0.0462. The minimum Gasteiger partial charge on any atom is -0.441 e. The largest absolute Gasteiger partial charge is 0.441 e. The van der Waals surface area contributed by atoms with Gasteiger partial charge >= 0.3 is 6.03 Å². The summed E-state index contributed by atoms with van der Waals surface area (Å²) in [6, 6.07) is 5.96. The summed E-state index contributed by atoms with van der Waals surface area (Å²) in [5.41, 5.74) is 2.29. The number of carbonyl (C=O) groups is 1. The third kappa shape index (κ3) is 3.47. The molecule has 2 aromatic rings. The van der Waals surface area contributed by atoms with Gasteiger partial charge in [-0.1, -0.05) is 6.92 Å². The van der Waals surface area contributed by atoms with Crippen LogP contribution in [0.1, 0.15) is 25.7 Å². The number of aryl methyl sites for hydroxylation is 1. The Hall–Kier alpha value is -2.08. The van der Waals surface area contributed by atoms with Crippen molar-refractivity contribution in [1.29, 1.82) is 0 Å². The van der Waals surface area contributed by atoms with Crippen molar-refractivity contribution in [2.75, 3.05) is 32.5 Å². The SMILES string of the molecule is CCc1nc2cc(NC(=O)N3CCC[C@H](N(C)C)C3)ccc2o1. The Balaban J connectivity index is 1.69. The highest BCUT2D eigenvalue weighted by molar-refractivity contribution is 5.91. The molecule has 2 heterocycles. The van der Waals surface area contributed by atoms with Crippen LogP contribution < -0.4 is 5.32 Å². The Labute approximate surface area is 136 Å². The van der Waals surface area contributed by atoms with Gasteiger partial charge in [-0.2, -0.15) is 0 Å². The number of nitrogens with zero attached hydrogens (tertiary/aromatic N) is 3. The fourth-order valence-electron chi connectivity index (χ4n) is 2.97. The van der Waals surface area contributed by atoms with Crippen LogP contribution in [0.4, 0.5) is 10.5 Å². The molecular formula is C17H24N4O2.